The van der Waals surface area contributed by atoms with E-state index < -0.39 is 0 Å². The SMILES string of the molecule is COc1cc(CC#N)cc(I)c1I. The van der Waals surface area contributed by atoms with Gasteiger partial charge in [-0.15, -0.1) is 0 Å². The number of nitrogens with zero attached hydrogens (tertiary/aromatic N) is 1. The molecule has 1 rings (SSSR count). The lowest BCUT2D eigenvalue weighted by atomic mass is 10.1. The summed E-state index contributed by atoms with van der Waals surface area (Å²) in [6.45, 7) is 0. The van der Waals surface area contributed by atoms with Gasteiger partial charge in [0.1, 0.15) is 5.75 Å². The predicted octanol–water partition coefficient (Wildman–Crippen LogP) is 2.97. The molecule has 0 heterocycles. The lowest BCUT2D eigenvalue weighted by molar-refractivity contribution is 0.411. The summed E-state index contributed by atoms with van der Waals surface area (Å²) in [5.41, 5.74) is 1.00. The largest absolute Gasteiger partial charge is 0.496 e. The van der Waals surface area contributed by atoms with Crippen LogP contribution in [0.4, 0.5) is 0 Å². The van der Waals surface area contributed by atoms with Crippen LogP contribution in [-0.4, -0.2) is 7.11 Å². The highest BCUT2D eigenvalue weighted by Crippen LogP contribution is 2.27. The van der Waals surface area contributed by atoms with E-state index in [-0.39, 0.29) is 0 Å². The van der Waals surface area contributed by atoms with Crippen molar-refractivity contribution in [2.24, 2.45) is 0 Å². The second-order valence-electron chi connectivity index (χ2n) is 2.43. The highest BCUT2D eigenvalue weighted by atomic mass is 127. The summed E-state index contributed by atoms with van der Waals surface area (Å²) in [5, 5.41) is 8.55. The molecule has 0 spiro atoms. The van der Waals surface area contributed by atoms with Crippen LogP contribution in [0.3, 0.4) is 0 Å². The molecular formula is C9H7I2NO. The van der Waals surface area contributed by atoms with E-state index in [4.69, 9.17) is 10.00 Å². The molecule has 0 radical (unpaired) electrons. The molecular weight excluding hydrogens is 392 g/mol. The van der Waals surface area contributed by atoms with Crippen molar-refractivity contribution in [3.8, 4) is 11.8 Å². The van der Waals surface area contributed by atoms with E-state index in [0.717, 1.165) is 18.5 Å². The molecule has 68 valence electrons. The molecule has 0 saturated carbocycles. The molecule has 0 aliphatic heterocycles. The van der Waals surface area contributed by atoms with Gasteiger partial charge in [-0.3, -0.25) is 0 Å². The minimum Gasteiger partial charge on any atom is -0.496 e. The van der Waals surface area contributed by atoms with Crippen LogP contribution in [0.1, 0.15) is 5.56 Å². The lowest BCUT2D eigenvalue weighted by Crippen LogP contribution is -1.93. The molecule has 0 saturated heterocycles. The van der Waals surface area contributed by atoms with Gasteiger partial charge < -0.3 is 4.74 Å². The molecule has 13 heavy (non-hydrogen) atoms. The molecule has 0 aliphatic carbocycles. The fourth-order valence-electron chi connectivity index (χ4n) is 0.959. The first-order valence-corrected chi connectivity index (χ1v) is 5.73. The number of halogens is 2. The molecule has 1 aromatic rings. The van der Waals surface area contributed by atoms with E-state index in [2.05, 4.69) is 51.3 Å². The maximum absolute atomic E-state index is 8.55. The number of hydrogen-bond donors (Lipinski definition) is 0. The Morgan fingerprint density at radius 2 is 2.15 bits per heavy atom. The highest BCUT2D eigenvalue weighted by Gasteiger charge is 2.06. The van der Waals surface area contributed by atoms with Crippen LogP contribution >= 0.6 is 45.2 Å². The number of rotatable bonds is 2. The Bertz CT molecular complexity index is 357. The van der Waals surface area contributed by atoms with E-state index in [1.54, 1.807) is 7.11 Å². The van der Waals surface area contributed by atoms with Gasteiger partial charge in [0, 0.05) is 3.57 Å². The summed E-state index contributed by atoms with van der Waals surface area (Å²) in [7, 11) is 1.64. The van der Waals surface area contributed by atoms with Crippen molar-refractivity contribution in [3.63, 3.8) is 0 Å². The van der Waals surface area contributed by atoms with Gasteiger partial charge in [-0.05, 0) is 62.9 Å². The summed E-state index contributed by atoms with van der Waals surface area (Å²) < 4.78 is 7.42. The van der Waals surface area contributed by atoms with Crippen molar-refractivity contribution >= 4 is 45.2 Å². The van der Waals surface area contributed by atoms with Gasteiger partial charge in [0.25, 0.3) is 0 Å². The molecule has 0 fully saturated rings. The average Bonchev–Trinajstić information content (AvgIpc) is 2.11. The van der Waals surface area contributed by atoms with Gasteiger partial charge in [-0.1, -0.05) is 0 Å². The molecule has 1 aromatic carbocycles. The number of methoxy groups -OCH3 is 1. The third-order valence-electron chi connectivity index (χ3n) is 1.56. The van der Waals surface area contributed by atoms with Gasteiger partial charge >= 0.3 is 0 Å². The molecule has 4 heteroatoms. The first-order valence-electron chi connectivity index (χ1n) is 3.58. The van der Waals surface area contributed by atoms with Crippen LogP contribution in [0.15, 0.2) is 12.1 Å². The highest BCUT2D eigenvalue weighted by molar-refractivity contribution is 14.1. The quantitative estimate of drug-likeness (QED) is 0.717. The van der Waals surface area contributed by atoms with E-state index >= 15 is 0 Å². The van der Waals surface area contributed by atoms with Crippen molar-refractivity contribution in [1.29, 1.82) is 5.26 Å². The van der Waals surface area contributed by atoms with Gasteiger partial charge in [0.15, 0.2) is 0 Å². The standard InChI is InChI=1S/C9H7I2NO/c1-13-8-5-6(2-3-12)4-7(10)9(8)11/h4-5H,2H2,1H3. The zero-order valence-corrected chi connectivity index (χ0v) is 11.3. The Hall–Kier alpha value is -0.0300. The second-order valence-corrected chi connectivity index (χ2v) is 4.67. The monoisotopic (exact) mass is 399 g/mol. The fraction of sp³-hybridized carbons (Fsp3) is 0.222. The van der Waals surface area contributed by atoms with E-state index in [1.807, 2.05) is 12.1 Å². The lowest BCUT2D eigenvalue weighted by Gasteiger charge is -2.06. The third kappa shape index (κ3) is 2.71. The van der Waals surface area contributed by atoms with Crippen LogP contribution in [0.2, 0.25) is 0 Å². The fourth-order valence-corrected chi connectivity index (χ4v) is 2.16. The van der Waals surface area contributed by atoms with Crippen LogP contribution < -0.4 is 4.74 Å². The summed E-state index contributed by atoms with van der Waals surface area (Å²) in [6.07, 6.45) is 0.434. The maximum Gasteiger partial charge on any atom is 0.133 e. The topological polar surface area (TPSA) is 33.0 Å². The van der Waals surface area contributed by atoms with Crippen molar-refractivity contribution < 1.29 is 4.74 Å². The average molecular weight is 399 g/mol. The van der Waals surface area contributed by atoms with Crippen LogP contribution in [-0.2, 0) is 6.42 Å². The zero-order valence-electron chi connectivity index (χ0n) is 6.97. The Balaban J connectivity index is 3.16. The molecule has 0 atom stereocenters. The van der Waals surface area contributed by atoms with E-state index in [9.17, 15) is 0 Å². The molecule has 2 nitrogen and oxygen atoms in total. The molecule has 0 bridgehead atoms. The third-order valence-corrected chi connectivity index (χ3v) is 4.55. The molecule has 0 N–H and O–H groups in total. The first kappa shape index (κ1) is 11.0. The van der Waals surface area contributed by atoms with Gasteiger partial charge in [-0.25, -0.2) is 0 Å². The summed E-state index contributed by atoms with van der Waals surface area (Å²) in [6, 6.07) is 6.04. The van der Waals surface area contributed by atoms with E-state index in [1.165, 1.54) is 0 Å². The van der Waals surface area contributed by atoms with Gasteiger partial charge in [-0.2, -0.15) is 5.26 Å². The number of hydrogen-bond acceptors (Lipinski definition) is 2. The van der Waals surface area contributed by atoms with Crippen LogP contribution in [0, 0.1) is 18.5 Å². The van der Waals surface area contributed by atoms with Gasteiger partial charge in [0.2, 0.25) is 0 Å². The predicted molar refractivity (Wildman–Crippen MR) is 67.7 cm³/mol. The molecule has 0 unspecified atom stereocenters. The smallest absolute Gasteiger partial charge is 0.133 e. The normalized spacial score (nSPS) is 9.38. The second kappa shape index (κ2) is 5.00. The number of ether oxygens (including phenoxy) is 1. The maximum atomic E-state index is 8.55. The molecule has 0 aliphatic rings. The Morgan fingerprint density at radius 3 is 2.69 bits per heavy atom. The van der Waals surface area contributed by atoms with Crippen LogP contribution in [0.25, 0.3) is 0 Å². The van der Waals surface area contributed by atoms with Crippen molar-refractivity contribution in [2.75, 3.05) is 7.11 Å². The van der Waals surface area contributed by atoms with E-state index in [0.29, 0.717) is 6.42 Å². The Morgan fingerprint density at radius 1 is 1.46 bits per heavy atom. The van der Waals surface area contributed by atoms with Gasteiger partial charge in [0.05, 0.1) is 23.2 Å². The summed E-state index contributed by atoms with van der Waals surface area (Å²) >= 11 is 4.48. The Kier molecular flexibility index (Phi) is 4.25. The minimum atomic E-state index is 0.434. The van der Waals surface area contributed by atoms with Crippen molar-refractivity contribution in [3.05, 3.63) is 24.8 Å². The first-order chi connectivity index (χ1) is 6.19. The number of nitriles is 1. The summed E-state index contributed by atoms with van der Waals surface area (Å²) in [4.78, 5) is 0. The zero-order chi connectivity index (χ0) is 9.84. The summed E-state index contributed by atoms with van der Waals surface area (Å²) in [5.74, 6) is 0.845. The number of benzene rings is 1. The van der Waals surface area contributed by atoms with Crippen LogP contribution in [0.5, 0.6) is 5.75 Å². The molecule has 0 aromatic heterocycles. The molecule has 0 amide bonds. The Labute approximate surface area is 105 Å². The minimum absolute atomic E-state index is 0.434. The van der Waals surface area contributed by atoms with Crippen molar-refractivity contribution in [2.45, 2.75) is 6.42 Å². The van der Waals surface area contributed by atoms with Crippen molar-refractivity contribution in [1.82, 2.24) is 0 Å².